The van der Waals surface area contributed by atoms with Crippen molar-refractivity contribution in [2.24, 2.45) is 0 Å². The molecule has 2 aromatic heterocycles. The van der Waals surface area contributed by atoms with Crippen molar-refractivity contribution in [3.8, 4) is 39.2 Å². The van der Waals surface area contributed by atoms with Crippen molar-refractivity contribution in [3.05, 3.63) is 240 Å². The predicted molar refractivity (Wildman–Crippen MR) is 262 cm³/mol. The molecule has 0 atom stereocenters. The highest BCUT2D eigenvalue weighted by atomic mass is 15.3. The van der Waals surface area contributed by atoms with Crippen LogP contribution in [0.4, 0.5) is 17.3 Å². The molecule has 3 heterocycles. The molecule has 2 aliphatic carbocycles. The lowest BCUT2D eigenvalue weighted by molar-refractivity contribution is 0.637. The summed E-state index contributed by atoms with van der Waals surface area (Å²) in [6, 6.07) is 75.5. The molecular weight excluding hydrogens is 777 g/mol. The van der Waals surface area contributed by atoms with Crippen LogP contribution in [0.2, 0.25) is 0 Å². The van der Waals surface area contributed by atoms with Gasteiger partial charge in [0.15, 0.2) is 0 Å². The maximum atomic E-state index is 5.80. The van der Waals surface area contributed by atoms with Crippen molar-refractivity contribution in [2.75, 3.05) is 4.90 Å². The highest BCUT2D eigenvalue weighted by molar-refractivity contribution is 6.14. The molecule has 1 aliphatic heterocycles. The van der Waals surface area contributed by atoms with Crippen LogP contribution < -0.4 is 4.90 Å². The minimum atomic E-state index is -0.457. The van der Waals surface area contributed by atoms with Gasteiger partial charge in [-0.25, -0.2) is 9.97 Å². The number of hydrogen-bond acceptors (Lipinski definition) is 3. The lowest BCUT2D eigenvalue weighted by Crippen LogP contribution is -2.31. The van der Waals surface area contributed by atoms with E-state index in [4.69, 9.17) is 9.97 Å². The molecular formula is C60H40N4. The maximum absolute atomic E-state index is 5.80. The van der Waals surface area contributed by atoms with E-state index in [-0.39, 0.29) is 5.41 Å². The third kappa shape index (κ3) is 4.42. The van der Waals surface area contributed by atoms with Gasteiger partial charge >= 0.3 is 0 Å². The Bertz CT molecular complexity index is 3740. The molecule has 14 rings (SSSR count). The topological polar surface area (TPSA) is 34.0 Å². The van der Waals surface area contributed by atoms with E-state index >= 15 is 0 Å². The Labute approximate surface area is 371 Å². The van der Waals surface area contributed by atoms with E-state index in [9.17, 15) is 0 Å². The Morgan fingerprint density at radius 3 is 1.75 bits per heavy atom. The Hall–Kier alpha value is -8.08. The molecule has 0 unspecified atom stereocenters. The van der Waals surface area contributed by atoms with Gasteiger partial charge in [0.2, 0.25) is 5.95 Å². The second kappa shape index (κ2) is 12.7. The van der Waals surface area contributed by atoms with Crippen LogP contribution in [0.15, 0.2) is 206 Å². The molecule has 0 bridgehead atoms. The smallest absolute Gasteiger partial charge is 0.235 e. The first-order valence-electron chi connectivity index (χ1n) is 22.3. The number of anilines is 3. The molecule has 0 saturated heterocycles. The third-order valence-corrected chi connectivity index (χ3v) is 14.6. The molecule has 1 spiro atoms. The molecule has 11 aromatic rings. The van der Waals surface area contributed by atoms with Gasteiger partial charge in [0.1, 0.15) is 0 Å². The van der Waals surface area contributed by atoms with Crippen molar-refractivity contribution in [3.63, 3.8) is 0 Å². The zero-order chi connectivity index (χ0) is 42.3. The predicted octanol–water partition coefficient (Wildman–Crippen LogP) is 14.8. The van der Waals surface area contributed by atoms with Crippen LogP contribution in [-0.2, 0) is 10.8 Å². The molecule has 0 saturated carbocycles. The van der Waals surface area contributed by atoms with Crippen LogP contribution in [0.25, 0.3) is 71.9 Å². The summed E-state index contributed by atoms with van der Waals surface area (Å²) in [6.07, 6.45) is 0. The van der Waals surface area contributed by atoms with E-state index in [0.717, 1.165) is 39.2 Å². The van der Waals surface area contributed by atoms with Crippen LogP contribution in [0.5, 0.6) is 0 Å². The molecule has 0 N–H and O–H groups in total. The summed E-state index contributed by atoms with van der Waals surface area (Å²) in [5.41, 5.74) is 20.7. The van der Waals surface area contributed by atoms with E-state index in [1.807, 2.05) is 0 Å². The van der Waals surface area contributed by atoms with Gasteiger partial charge in [-0.2, -0.15) is 0 Å². The summed E-state index contributed by atoms with van der Waals surface area (Å²) < 4.78 is 2.41. The monoisotopic (exact) mass is 816 g/mol. The van der Waals surface area contributed by atoms with E-state index in [0.29, 0.717) is 5.95 Å². The number of benzene rings is 9. The second-order valence-electron chi connectivity index (χ2n) is 18.0. The number of nitrogens with zero attached hydrogens (tertiary/aromatic N) is 4. The third-order valence-electron chi connectivity index (χ3n) is 14.6. The molecule has 4 nitrogen and oxygen atoms in total. The Morgan fingerprint density at radius 2 is 0.984 bits per heavy atom. The van der Waals surface area contributed by atoms with Crippen molar-refractivity contribution in [2.45, 2.75) is 24.7 Å². The summed E-state index contributed by atoms with van der Waals surface area (Å²) in [7, 11) is 0. The SMILES string of the molecule is CC1(C)c2ccccc2N(c2nc(-c3cccc4c3-c3ccccc3C43c4ccccc4-c4ccccc43)c3ccccc3n2)c2ccc3c(c21)c1ccccc1n3-c1ccccc1. The number of para-hydroxylation sites is 4. The first-order valence-corrected chi connectivity index (χ1v) is 22.3. The summed E-state index contributed by atoms with van der Waals surface area (Å²) >= 11 is 0. The molecule has 9 aromatic carbocycles. The fourth-order valence-corrected chi connectivity index (χ4v) is 12.1. The Balaban J connectivity index is 1.06. The van der Waals surface area contributed by atoms with E-state index < -0.39 is 5.41 Å². The van der Waals surface area contributed by atoms with Gasteiger partial charge in [0, 0.05) is 32.8 Å². The molecule has 300 valence electrons. The highest BCUT2D eigenvalue weighted by Gasteiger charge is 2.52. The van der Waals surface area contributed by atoms with Crippen LogP contribution in [0.1, 0.15) is 47.2 Å². The highest BCUT2D eigenvalue weighted by Crippen LogP contribution is 2.64. The quantitative estimate of drug-likeness (QED) is 0.178. The standard InChI is InChI=1S/C60H40N4/c1-59(2)47-30-14-17-34-51(47)64(53-36-35-52-55(56(53)59)42-25-10-16-33-50(42)63(52)37-19-4-3-5-20-37)58-61-49-32-15-9-24-41(49)57(62-58)43-26-18-31-48-54(43)40-23-8-13-29-46(40)60(48)44-27-11-6-21-38(44)39-22-7-12-28-45(39)60/h3-36H,1-2H3. The summed E-state index contributed by atoms with van der Waals surface area (Å²) in [5, 5.41) is 3.51. The van der Waals surface area contributed by atoms with Crippen LogP contribution in [0.3, 0.4) is 0 Å². The fraction of sp³-hybridized carbons (Fsp3) is 0.0667. The van der Waals surface area contributed by atoms with Crippen molar-refractivity contribution >= 4 is 50.0 Å². The second-order valence-corrected chi connectivity index (χ2v) is 18.0. The summed E-state index contributed by atoms with van der Waals surface area (Å²) in [4.78, 5) is 13.6. The molecule has 0 fully saturated rings. The van der Waals surface area contributed by atoms with Gasteiger partial charge in [0.25, 0.3) is 0 Å². The number of hydrogen-bond donors (Lipinski definition) is 0. The molecule has 0 radical (unpaired) electrons. The van der Waals surface area contributed by atoms with E-state index in [2.05, 4.69) is 230 Å². The van der Waals surface area contributed by atoms with Crippen LogP contribution >= 0.6 is 0 Å². The van der Waals surface area contributed by atoms with Gasteiger partial charge in [-0.15, -0.1) is 0 Å². The molecule has 4 heteroatoms. The van der Waals surface area contributed by atoms with Crippen molar-refractivity contribution < 1.29 is 0 Å². The zero-order valence-electron chi connectivity index (χ0n) is 35.4. The minimum absolute atomic E-state index is 0.348. The largest absolute Gasteiger partial charge is 0.309 e. The van der Waals surface area contributed by atoms with E-state index in [1.165, 1.54) is 77.4 Å². The van der Waals surface area contributed by atoms with Gasteiger partial charge in [-0.3, -0.25) is 4.90 Å². The fourth-order valence-electron chi connectivity index (χ4n) is 12.1. The molecule has 0 amide bonds. The van der Waals surface area contributed by atoms with Gasteiger partial charge < -0.3 is 4.57 Å². The van der Waals surface area contributed by atoms with Crippen LogP contribution in [0, 0.1) is 0 Å². The molecule has 64 heavy (non-hydrogen) atoms. The zero-order valence-corrected chi connectivity index (χ0v) is 35.4. The van der Waals surface area contributed by atoms with Crippen molar-refractivity contribution in [1.82, 2.24) is 14.5 Å². The van der Waals surface area contributed by atoms with Crippen LogP contribution in [-0.4, -0.2) is 14.5 Å². The average molecular weight is 817 g/mol. The summed E-state index contributed by atoms with van der Waals surface area (Å²) in [6.45, 7) is 4.76. The summed E-state index contributed by atoms with van der Waals surface area (Å²) in [5.74, 6) is 0.652. The van der Waals surface area contributed by atoms with Crippen molar-refractivity contribution in [1.29, 1.82) is 0 Å². The molecule has 3 aliphatic rings. The Kier molecular flexibility index (Phi) is 7.07. The Morgan fingerprint density at radius 1 is 0.406 bits per heavy atom. The minimum Gasteiger partial charge on any atom is -0.309 e. The average Bonchev–Trinajstić information content (AvgIpc) is 3.96. The maximum Gasteiger partial charge on any atom is 0.235 e. The van der Waals surface area contributed by atoms with Gasteiger partial charge in [-0.1, -0.05) is 178 Å². The van der Waals surface area contributed by atoms with Gasteiger partial charge in [-0.05, 0) is 98.1 Å². The first-order chi connectivity index (χ1) is 31.5. The number of fused-ring (bicyclic) bond motifs is 17. The number of rotatable bonds is 3. The normalized spacial score (nSPS) is 14.6. The number of aromatic nitrogens is 3. The lowest BCUT2D eigenvalue weighted by atomic mass is 9.70. The lowest BCUT2D eigenvalue weighted by Gasteiger charge is -2.41. The van der Waals surface area contributed by atoms with Gasteiger partial charge in [0.05, 0.1) is 39.0 Å². The van der Waals surface area contributed by atoms with E-state index in [1.54, 1.807) is 0 Å². The first kappa shape index (κ1) is 35.5.